The average Bonchev–Trinajstić information content (AvgIpc) is 3.32. The molecular formula is C20H18N6O3. The summed E-state index contributed by atoms with van der Waals surface area (Å²) in [5.41, 5.74) is 1.42. The van der Waals surface area contributed by atoms with E-state index in [1.165, 1.54) is 10.9 Å². The van der Waals surface area contributed by atoms with Gasteiger partial charge in [0.15, 0.2) is 5.76 Å². The molecule has 3 aromatic heterocycles. The minimum atomic E-state index is -0.343. The van der Waals surface area contributed by atoms with E-state index in [-0.39, 0.29) is 36.4 Å². The van der Waals surface area contributed by atoms with Crippen molar-refractivity contribution in [1.29, 1.82) is 0 Å². The van der Waals surface area contributed by atoms with E-state index in [2.05, 4.69) is 20.4 Å². The lowest BCUT2D eigenvalue weighted by Crippen LogP contribution is -2.32. The molecule has 0 saturated heterocycles. The summed E-state index contributed by atoms with van der Waals surface area (Å²) in [6.07, 6.45) is 4.91. The predicted octanol–water partition coefficient (Wildman–Crippen LogP) is 2.01. The summed E-state index contributed by atoms with van der Waals surface area (Å²) in [7, 11) is 0. The molecule has 146 valence electrons. The van der Waals surface area contributed by atoms with E-state index >= 15 is 0 Å². The number of rotatable bonds is 6. The lowest BCUT2D eigenvalue weighted by molar-refractivity contribution is 0.0946. The summed E-state index contributed by atoms with van der Waals surface area (Å²) in [4.78, 5) is 33.7. The van der Waals surface area contributed by atoms with Gasteiger partial charge in [-0.2, -0.15) is 0 Å². The number of benzene rings is 1. The molecule has 3 heterocycles. The van der Waals surface area contributed by atoms with Crippen molar-refractivity contribution in [3.05, 3.63) is 65.0 Å². The van der Waals surface area contributed by atoms with Gasteiger partial charge in [0.25, 0.3) is 5.91 Å². The highest BCUT2D eigenvalue weighted by Gasteiger charge is 2.31. The second-order valence-electron chi connectivity index (χ2n) is 6.91. The highest BCUT2D eigenvalue weighted by molar-refractivity contribution is 5.93. The Hall–Kier alpha value is -3.75. The molecule has 1 saturated carbocycles. The second-order valence-corrected chi connectivity index (χ2v) is 6.91. The van der Waals surface area contributed by atoms with Crippen LogP contribution in [0.1, 0.15) is 29.4 Å². The summed E-state index contributed by atoms with van der Waals surface area (Å²) in [5, 5.41) is 7.19. The van der Waals surface area contributed by atoms with Gasteiger partial charge in [0.05, 0.1) is 30.0 Å². The van der Waals surface area contributed by atoms with Gasteiger partial charge in [-0.1, -0.05) is 12.1 Å². The van der Waals surface area contributed by atoms with Gasteiger partial charge in [-0.15, -0.1) is 5.10 Å². The molecule has 0 unspecified atom stereocenters. The zero-order valence-electron chi connectivity index (χ0n) is 15.5. The standard InChI is InChI=1S/C20H18N6O3/c27-19(16-12-22-14-4-1-2-5-15(14)23-16)21-9-10-25-20(28)26(13-7-8-13)18(24-25)17-6-3-11-29-17/h1-6,11-13H,7-10H2,(H,21,27). The third kappa shape index (κ3) is 3.31. The first kappa shape index (κ1) is 17.4. The van der Waals surface area contributed by atoms with Gasteiger partial charge in [0.1, 0.15) is 5.69 Å². The van der Waals surface area contributed by atoms with Crippen molar-refractivity contribution in [3.8, 4) is 11.6 Å². The molecule has 1 aliphatic carbocycles. The fourth-order valence-electron chi connectivity index (χ4n) is 3.23. The van der Waals surface area contributed by atoms with Crippen LogP contribution in [0, 0.1) is 0 Å². The molecule has 0 atom stereocenters. The van der Waals surface area contributed by atoms with Crippen LogP contribution in [0.4, 0.5) is 0 Å². The molecule has 29 heavy (non-hydrogen) atoms. The van der Waals surface area contributed by atoms with E-state index in [1.54, 1.807) is 29.0 Å². The van der Waals surface area contributed by atoms with Crippen LogP contribution >= 0.6 is 0 Å². The monoisotopic (exact) mass is 390 g/mol. The fourth-order valence-corrected chi connectivity index (χ4v) is 3.23. The van der Waals surface area contributed by atoms with Gasteiger partial charge in [-0.3, -0.25) is 14.3 Å². The zero-order valence-corrected chi connectivity index (χ0v) is 15.5. The molecule has 9 nitrogen and oxygen atoms in total. The van der Waals surface area contributed by atoms with Crippen molar-refractivity contribution in [3.63, 3.8) is 0 Å². The predicted molar refractivity (Wildman–Crippen MR) is 104 cm³/mol. The highest BCUT2D eigenvalue weighted by atomic mass is 16.3. The molecule has 0 aliphatic heterocycles. The molecule has 1 amide bonds. The van der Waals surface area contributed by atoms with Crippen LogP contribution in [-0.4, -0.2) is 36.8 Å². The number of fused-ring (bicyclic) bond motifs is 1. The number of hydrogen-bond donors (Lipinski definition) is 1. The number of nitrogens with zero attached hydrogens (tertiary/aromatic N) is 5. The molecular weight excluding hydrogens is 372 g/mol. The first-order valence-electron chi connectivity index (χ1n) is 9.44. The summed E-state index contributed by atoms with van der Waals surface area (Å²) < 4.78 is 8.46. The SMILES string of the molecule is O=C(NCCn1nc(-c2ccco2)n(C2CC2)c1=O)c1cnc2ccccc2n1. The Kier molecular flexibility index (Phi) is 4.19. The maximum Gasteiger partial charge on any atom is 0.346 e. The molecule has 1 N–H and O–H groups in total. The van der Waals surface area contributed by atoms with Crippen molar-refractivity contribution in [2.24, 2.45) is 0 Å². The molecule has 9 heteroatoms. The van der Waals surface area contributed by atoms with Crippen LogP contribution < -0.4 is 11.0 Å². The third-order valence-corrected chi connectivity index (χ3v) is 4.81. The van der Waals surface area contributed by atoms with Crippen LogP contribution in [0.3, 0.4) is 0 Å². The van der Waals surface area contributed by atoms with Crippen molar-refractivity contribution in [1.82, 2.24) is 29.6 Å². The highest BCUT2D eigenvalue weighted by Crippen LogP contribution is 2.36. The first-order chi connectivity index (χ1) is 14.2. The Bertz CT molecular complexity index is 1240. The van der Waals surface area contributed by atoms with E-state index in [0.717, 1.165) is 18.4 Å². The van der Waals surface area contributed by atoms with Gasteiger partial charge in [0.2, 0.25) is 5.82 Å². The normalized spacial score (nSPS) is 13.7. The van der Waals surface area contributed by atoms with Crippen molar-refractivity contribution in [2.75, 3.05) is 6.54 Å². The fraction of sp³-hybridized carbons (Fsp3) is 0.250. The van der Waals surface area contributed by atoms with Crippen LogP contribution in [0.2, 0.25) is 0 Å². The Balaban J connectivity index is 1.30. The van der Waals surface area contributed by atoms with Crippen LogP contribution in [-0.2, 0) is 6.54 Å². The average molecular weight is 390 g/mol. The summed E-state index contributed by atoms with van der Waals surface area (Å²) >= 11 is 0. The summed E-state index contributed by atoms with van der Waals surface area (Å²) in [5.74, 6) is 0.738. The lowest BCUT2D eigenvalue weighted by Gasteiger charge is -2.05. The summed E-state index contributed by atoms with van der Waals surface area (Å²) in [6, 6.07) is 11.1. The maximum atomic E-state index is 12.7. The third-order valence-electron chi connectivity index (χ3n) is 4.81. The van der Waals surface area contributed by atoms with Crippen LogP contribution in [0.5, 0.6) is 0 Å². The zero-order chi connectivity index (χ0) is 19.8. The molecule has 1 fully saturated rings. The summed E-state index contributed by atoms with van der Waals surface area (Å²) in [6.45, 7) is 0.492. The first-order valence-corrected chi connectivity index (χ1v) is 9.44. The largest absolute Gasteiger partial charge is 0.461 e. The van der Waals surface area contributed by atoms with E-state index in [9.17, 15) is 9.59 Å². The number of carbonyl (C=O) groups excluding carboxylic acids is 1. The Labute approximate surface area is 165 Å². The molecule has 1 aliphatic rings. The number of aromatic nitrogens is 5. The quantitative estimate of drug-likeness (QED) is 0.540. The minimum absolute atomic E-state index is 0.166. The Morgan fingerprint density at radius 2 is 2.00 bits per heavy atom. The maximum absolute atomic E-state index is 12.7. The van der Waals surface area contributed by atoms with Crippen molar-refractivity contribution < 1.29 is 9.21 Å². The number of hydrogen-bond acceptors (Lipinski definition) is 6. The molecule has 0 spiro atoms. The van der Waals surface area contributed by atoms with E-state index < -0.39 is 0 Å². The van der Waals surface area contributed by atoms with Gasteiger partial charge in [-0.25, -0.2) is 14.5 Å². The second kappa shape index (κ2) is 7.01. The Morgan fingerprint density at radius 3 is 2.76 bits per heavy atom. The number of carbonyl (C=O) groups is 1. The smallest absolute Gasteiger partial charge is 0.346 e. The lowest BCUT2D eigenvalue weighted by atomic mass is 10.3. The topological polar surface area (TPSA) is 108 Å². The number of amides is 1. The van der Waals surface area contributed by atoms with Crippen molar-refractivity contribution in [2.45, 2.75) is 25.4 Å². The van der Waals surface area contributed by atoms with E-state index in [4.69, 9.17) is 4.42 Å². The van der Waals surface area contributed by atoms with Gasteiger partial charge in [-0.05, 0) is 37.1 Å². The molecule has 0 radical (unpaired) electrons. The van der Waals surface area contributed by atoms with E-state index in [0.29, 0.717) is 17.1 Å². The molecule has 0 bridgehead atoms. The van der Waals surface area contributed by atoms with Gasteiger partial charge < -0.3 is 9.73 Å². The van der Waals surface area contributed by atoms with Crippen LogP contribution in [0.15, 0.2) is 58.1 Å². The number of nitrogens with one attached hydrogen (secondary N) is 1. The number of para-hydroxylation sites is 2. The number of furan rings is 1. The Morgan fingerprint density at radius 1 is 1.17 bits per heavy atom. The minimum Gasteiger partial charge on any atom is -0.461 e. The van der Waals surface area contributed by atoms with Gasteiger partial charge >= 0.3 is 5.69 Å². The van der Waals surface area contributed by atoms with Crippen LogP contribution in [0.25, 0.3) is 22.6 Å². The molecule has 5 rings (SSSR count). The van der Waals surface area contributed by atoms with Gasteiger partial charge in [0, 0.05) is 12.6 Å². The van der Waals surface area contributed by atoms with E-state index in [1.807, 2.05) is 18.2 Å². The molecule has 4 aromatic rings. The van der Waals surface area contributed by atoms with Crippen molar-refractivity contribution >= 4 is 16.9 Å². The molecule has 1 aromatic carbocycles.